The van der Waals surface area contributed by atoms with Crippen molar-refractivity contribution in [2.24, 2.45) is 0 Å². The first kappa shape index (κ1) is 12.5. The van der Waals surface area contributed by atoms with Crippen molar-refractivity contribution < 1.29 is 4.79 Å². The molecule has 2 rings (SSSR count). The minimum Gasteiger partial charge on any atom is -0.348 e. The molecule has 4 nitrogen and oxygen atoms in total. The number of carbonyl (C=O) groups is 1. The van der Waals surface area contributed by atoms with Crippen LogP contribution in [0.5, 0.6) is 0 Å². The molecule has 1 aliphatic rings. The number of likely N-dealkylation sites (N-methyl/N-ethyl adjacent to an activating group) is 1. The van der Waals surface area contributed by atoms with E-state index in [1.807, 2.05) is 0 Å². The molecule has 1 unspecified atom stereocenters. The molecule has 0 radical (unpaired) electrons. The van der Waals surface area contributed by atoms with Crippen LogP contribution < -0.4 is 5.32 Å². The summed E-state index contributed by atoms with van der Waals surface area (Å²) in [6, 6.07) is 3.72. The molecule has 0 saturated carbocycles. The maximum Gasteiger partial charge on any atom is 0.251 e. The molecule has 1 amide bonds. The Hall–Kier alpha value is -0.940. The maximum atomic E-state index is 12.0. The molecule has 0 bridgehead atoms. The molecule has 1 fully saturated rings. The zero-order valence-electron chi connectivity index (χ0n) is 9.82. The number of hydrogen-bond donors (Lipinski definition) is 1. The number of nitrogens with zero attached hydrogens (tertiary/aromatic N) is 2. The second-order valence-corrected chi connectivity index (χ2v) is 5.25. The molecule has 17 heavy (non-hydrogen) atoms. The first-order valence-corrected chi connectivity index (χ1v) is 6.55. The highest BCUT2D eigenvalue weighted by molar-refractivity contribution is 9.10. The summed E-state index contributed by atoms with van der Waals surface area (Å²) in [7, 11) is 2.08. The summed E-state index contributed by atoms with van der Waals surface area (Å²) in [6.45, 7) is 2.05. The molecule has 92 valence electrons. The van der Waals surface area contributed by atoms with Gasteiger partial charge >= 0.3 is 0 Å². The van der Waals surface area contributed by atoms with Crippen LogP contribution >= 0.6 is 15.9 Å². The van der Waals surface area contributed by atoms with Crippen molar-refractivity contribution in [1.82, 2.24) is 15.2 Å². The third-order valence-electron chi connectivity index (χ3n) is 2.95. The van der Waals surface area contributed by atoms with Gasteiger partial charge in [-0.25, -0.2) is 4.98 Å². The summed E-state index contributed by atoms with van der Waals surface area (Å²) in [5.74, 6) is -0.0200. The summed E-state index contributed by atoms with van der Waals surface area (Å²) in [5.41, 5.74) is 0.653. The highest BCUT2D eigenvalue weighted by Crippen LogP contribution is 2.11. The highest BCUT2D eigenvalue weighted by atomic mass is 79.9. The fraction of sp³-hybridized carbons (Fsp3) is 0.500. The number of likely N-dealkylation sites (tertiary alicyclic amines) is 1. The number of rotatable bonds is 2. The smallest absolute Gasteiger partial charge is 0.251 e. The Morgan fingerprint density at radius 1 is 1.65 bits per heavy atom. The monoisotopic (exact) mass is 297 g/mol. The topological polar surface area (TPSA) is 45.2 Å². The van der Waals surface area contributed by atoms with Crippen LogP contribution in [0.2, 0.25) is 0 Å². The minimum atomic E-state index is -0.0200. The lowest BCUT2D eigenvalue weighted by molar-refractivity contribution is 0.0912. The second-order valence-electron chi connectivity index (χ2n) is 4.44. The normalized spacial score (nSPS) is 21.2. The largest absolute Gasteiger partial charge is 0.348 e. The van der Waals surface area contributed by atoms with E-state index in [4.69, 9.17) is 0 Å². The van der Waals surface area contributed by atoms with Gasteiger partial charge < -0.3 is 10.2 Å². The summed E-state index contributed by atoms with van der Waals surface area (Å²) < 4.78 is 0.686. The van der Waals surface area contributed by atoms with E-state index in [9.17, 15) is 4.79 Å². The van der Waals surface area contributed by atoms with Gasteiger partial charge in [0.15, 0.2) is 0 Å². The van der Waals surface area contributed by atoms with Gasteiger partial charge in [0.1, 0.15) is 4.60 Å². The molecule has 5 heteroatoms. The van der Waals surface area contributed by atoms with Gasteiger partial charge in [-0.3, -0.25) is 4.79 Å². The van der Waals surface area contributed by atoms with Gasteiger partial charge in [-0.2, -0.15) is 0 Å². The molecule has 1 N–H and O–H groups in total. The van der Waals surface area contributed by atoms with Gasteiger partial charge in [0, 0.05) is 24.3 Å². The Bertz CT molecular complexity index is 410. The average Bonchev–Trinajstić information content (AvgIpc) is 2.29. The Morgan fingerprint density at radius 3 is 3.18 bits per heavy atom. The molecule has 1 saturated heterocycles. The third-order valence-corrected chi connectivity index (χ3v) is 3.38. The zero-order valence-corrected chi connectivity index (χ0v) is 11.4. The van der Waals surface area contributed by atoms with Gasteiger partial charge in [-0.1, -0.05) is 0 Å². The van der Waals surface area contributed by atoms with E-state index in [1.54, 1.807) is 18.3 Å². The number of halogens is 1. The average molecular weight is 298 g/mol. The van der Waals surface area contributed by atoms with Gasteiger partial charge in [0.2, 0.25) is 0 Å². The SMILES string of the molecule is CN1CCCC(NC(=O)c2ccnc(Br)c2)C1. The van der Waals surface area contributed by atoms with E-state index in [0.29, 0.717) is 10.2 Å². The standard InChI is InChI=1S/C12H16BrN3O/c1-16-6-2-3-10(8-16)15-12(17)9-4-5-14-11(13)7-9/h4-5,7,10H,2-3,6,8H2,1H3,(H,15,17). The molecule has 1 aliphatic heterocycles. The van der Waals surface area contributed by atoms with Crippen molar-refractivity contribution in [3.63, 3.8) is 0 Å². The lowest BCUT2D eigenvalue weighted by atomic mass is 10.1. The van der Waals surface area contributed by atoms with Crippen molar-refractivity contribution in [1.29, 1.82) is 0 Å². The van der Waals surface area contributed by atoms with Crippen molar-refractivity contribution in [3.8, 4) is 0 Å². The van der Waals surface area contributed by atoms with Crippen LogP contribution in [0.4, 0.5) is 0 Å². The number of hydrogen-bond acceptors (Lipinski definition) is 3. The van der Waals surface area contributed by atoms with E-state index < -0.39 is 0 Å². The van der Waals surface area contributed by atoms with Gasteiger partial charge in [0.25, 0.3) is 5.91 Å². The predicted octanol–water partition coefficient (Wildman–Crippen LogP) is 1.67. The van der Waals surface area contributed by atoms with Crippen LogP contribution in [0.15, 0.2) is 22.9 Å². The van der Waals surface area contributed by atoms with E-state index in [2.05, 4.69) is 38.2 Å². The lowest BCUT2D eigenvalue weighted by Gasteiger charge is -2.30. The fourth-order valence-electron chi connectivity index (χ4n) is 2.10. The van der Waals surface area contributed by atoms with Crippen LogP contribution in [-0.2, 0) is 0 Å². The molecular formula is C12H16BrN3O. The van der Waals surface area contributed by atoms with Crippen LogP contribution in [0.3, 0.4) is 0 Å². The minimum absolute atomic E-state index is 0.0200. The molecule has 1 atom stereocenters. The van der Waals surface area contributed by atoms with Crippen LogP contribution in [-0.4, -0.2) is 42.0 Å². The number of aromatic nitrogens is 1. The molecular weight excluding hydrogens is 282 g/mol. The summed E-state index contributed by atoms with van der Waals surface area (Å²) in [5, 5.41) is 3.06. The fourth-order valence-corrected chi connectivity index (χ4v) is 2.46. The van der Waals surface area contributed by atoms with Gasteiger partial charge in [0.05, 0.1) is 0 Å². The Kier molecular flexibility index (Phi) is 4.12. The van der Waals surface area contributed by atoms with Crippen LogP contribution in [0.1, 0.15) is 23.2 Å². The summed E-state index contributed by atoms with van der Waals surface area (Å²) in [6.07, 6.45) is 3.83. The van der Waals surface area contributed by atoms with Gasteiger partial charge in [-0.15, -0.1) is 0 Å². The van der Waals surface area contributed by atoms with Crippen molar-refractivity contribution in [2.75, 3.05) is 20.1 Å². The Morgan fingerprint density at radius 2 is 2.47 bits per heavy atom. The highest BCUT2D eigenvalue weighted by Gasteiger charge is 2.19. The predicted molar refractivity (Wildman–Crippen MR) is 69.9 cm³/mol. The molecule has 0 spiro atoms. The number of nitrogens with one attached hydrogen (secondary N) is 1. The van der Waals surface area contributed by atoms with E-state index in [1.165, 1.54) is 0 Å². The second kappa shape index (κ2) is 5.60. The van der Waals surface area contributed by atoms with Crippen molar-refractivity contribution in [3.05, 3.63) is 28.5 Å². The number of pyridine rings is 1. The third kappa shape index (κ3) is 3.51. The van der Waals surface area contributed by atoms with E-state index in [0.717, 1.165) is 25.9 Å². The maximum absolute atomic E-state index is 12.0. The molecule has 1 aromatic heterocycles. The van der Waals surface area contributed by atoms with Crippen LogP contribution in [0.25, 0.3) is 0 Å². The quantitative estimate of drug-likeness (QED) is 0.845. The molecule has 0 aromatic carbocycles. The first-order valence-electron chi connectivity index (χ1n) is 5.76. The lowest BCUT2D eigenvalue weighted by Crippen LogP contribution is -2.46. The Balaban J connectivity index is 1.97. The Labute approximate surface area is 110 Å². The molecule has 1 aromatic rings. The van der Waals surface area contributed by atoms with Crippen LogP contribution in [0, 0.1) is 0 Å². The summed E-state index contributed by atoms with van der Waals surface area (Å²) in [4.78, 5) is 18.3. The number of piperidine rings is 1. The number of carbonyl (C=O) groups excluding carboxylic acids is 1. The van der Waals surface area contributed by atoms with Crippen molar-refractivity contribution in [2.45, 2.75) is 18.9 Å². The molecule has 2 heterocycles. The van der Waals surface area contributed by atoms with E-state index in [-0.39, 0.29) is 11.9 Å². The zero-order chi connectivity index (χ0) is 12.3. The first-order chi connectivity index (χ1) is 8.15. The van der Waals surface area contributed by atoms with Gasteiger partial charge in [-0.05, 0) is 54.5 Å². The summed E-state index contributed by atoms with van der Waals surface area (Å²) >= 11 is 3.27. The van der Waals surface area contributed by atoms with E-state index >= 15 is 0 Å². The molecule has 0 aliphatic carbocycles. The van der Waals surface area contributed by atoms with Crippen molar-refractivity contribution >= 4 is 21.8 Å². The number of amides is 1.